The van der Waals surface area contributed by atoms with Crippen LogP contribution in [0.5, 0.6) is 11.6 Å². The molecular weight excluding hydrogens is 278 g/mol. The summed E-state index contributed by atoms with van der Waals surface area (Å²) in [6, 6.07) is 11.9. The van der Waals surface area contributed by atoms with Gasteiger partial charge in [-0.05, 0) is 37.1 Å². The Labute approximate surface area is 129 Å². The number of hydrogen-bond donors (Lipinski definition) is 0. The quantitative estimate of drug-likeness (QED) is 0.705. The van der Waals surface area contributed by atoms with Crippen molar-refractivity contribution in [3.8, 4) is 11.6 Å². The molecule has 0 radical (unpaired) electrons. The molecule has 4 heteroatoms. The Morgan fingerprint density at radius 3 is 2.73 bits per heavy atom. The van der Waals surface area contributed by atoms with E-state index in [0.717, 1.165) is 34.4 Å². The predicted octanol–water partition coefficient (Wildman–Crippen LogP) is 4.29. The highest BCUT2D eigenvalue weighted by molar-refractivity contribution is 5.77. The van der Waals surface area contributed by atoms with Gasteiger partial charge in [-0.3, -0.25) is 0 Å². The Morgan fingerprint density at radius 1 is 1.18 bits per heavy atom. The largest absolute Gasteiger partial charge is 0.480 e. The number of para-hydroxylation sites is 1. The molecule has 0 aliphatic rings. The van der Waals surface area contributed by atoms with Gasteiger partial charge in [-0.1, -0.05) is 25.1 Å². The Morgan fingerprint density at radius 2 is 2.00 bits per heavy atom. The first-order chi connectivity index (χ1) is 10.7. The maximum absolute atomic E-state index is 5.86. The lowest BCUT2D eigenvalue weighted by Crippen LogP contribution is -2.01. The average molecular weight is 297 g/mol. The van der Waals surface area contributed by atoms with Crippen LogP contribution in [0.15, 0.2) is 40.8 Å². The van der Waals surface area contributed by atoms with Crippen LogP contribution in [0.4, 0.5) is 0 Å². The summed E-state index contributed by atoms with van der Waals surface area (Å²) in [5, 5.41) is 1.07. The number of fused-ring (bicyclic) bond motifs is 1. The topological polar surface area (TPSA) is 44.5 Å². The molecule has 0 bridgehead atoms. The molecule has 2 aromatic heterocycles. The van der Waals surface area contributed by atoms with Crippen LogP contribution in [0.3, 0.4) is 0 Å². The zero-order valence-corrected chi connectivity index (χ0v) is 13.1. The van der Waals surface area contributed by atoms with Crippen LogP contribution < -0.4 is 9.47 Å². The van der Waals surface area contributed by atoms with Crippen LogP contribution in [0, 0.1) is 6.92 Å². The minimum Gasteiger partial charge on any atom is -0.480 e. The van der Waals surface area contributed by atoms with E-state index in [1.165, 1.54) is 0 Å². The molecule has 0 aliphatic carbocycles. The van der Waals surface area contributed by atoms with E-state index < -0.39 is 0 Å². The summed E-state index contributed by atoms with van der Waals surface area (Å²) in [5.74, 6) is 1.93. The van der Waals surface area contributed by atoms with Crippen molar-refractivity contribution in [3.05, 3.63) is 53.4 Å². The van der Waals surface area contributed by atoms with Crippen molar-refractivity contribution in [1.82, 2.24) is 4.98 Å². The molecule has 0 saturated carbocycles. The predicted molar refractivity (Wildman–Crippen MR) is 85.5 cm³/mol. The van der Waals surface area contributed by atoms with Crippen molar-refractivity contribution < 1.29 is 13.9 Å². The molecule has 3 aromatic rings. The highest BCUT2D eigenvalue weighted by Crippen LogP contribution is 2.29. The smallest absolute Gasteiger partial charge is 0.257 e. The first kappa shape index (κ1) is 14.4. The number of methoxy groups -OCH3 is 1. The lowest BCUT2D eigenvalue weighted by Gasteiger charge is -2.12. The molecule has 114 valence electrons. The van der Waals surface area contributed by atoms with Gasteiger partial charge in [0.15, 0.2) is 5.75 Å². The number of rotatable bonds is 5. The maximum Gasteiger partial charge on any atom is 0.257 e. The van der Waals surface area contributed by atoms with E-state index in [-0.39, 0.29) is 0 Å². The molecule has 0 N–H and O–H groups in total. The molecule has 0 amide bonds. The van der Waals surface area contributed by atoms with Crippen molar-refractivity contribution in [1.29, 1.82) is 0 Å². The Bertz CT molecular complexity index is 759. The lowest BCUT2D eigenvalue weighted by molar-refractivity contribution is 0.255. The number of pyridine rings is 1. The Balaban J connectivity index is 1.83. The van der Waals surface area contributed by atoms with Gasteiger partial charge in [0.1, 0.15) is 18.0 Å². The fraction of sp³-hybridized carbons (Fsp3) is 0.278. The van der Waals surface area contributed by atoms with Crippen LogP contribution in [-0.2, 0) is 13.0 Å². The summed E-state index contributed by atoms with van der Waals surface area (Å²) in [6.07, 6.45) is 0.907. The van der Waals surface area contributed by atoms with Crippen molar-refractivity contribution in [2.75, 3.05) is 7.11 Å². The second kappa shape index (κ2) is 6.10. The molecule has 4 nitrogen and oxygen atoms in total. The van der Waals surface area contributed by atoms with Crippen LogP contribution in [0.2, 0.25) is 0 Å². The van der Waals surface area contributed by atoms with Crippen LogP contribution in [-0.4, -0.2) is 12.1 Å². The first-order valence-electron chi connectivity index (χ1n) is 7.36. The molecule has 0 unspecified atom stereocenters. The van der Waals surface area contributed by atoms with E-state index in [4.69, 9.17) is 13.9 Å². The van der Waals surface area contributed by atoms with Gasteiger partial charge >= 0.3 is 0 Å². The third-order valence-corrected chi connectivity index (χ3v) is 3.67. The Kier molecular flexibility index (Phi) is 4.00. The normalized spacial score (nSPS) is 10.9. The number of aryl methyl sites for hydroxylation is 2. The van der Waals surface area contributed by atoms with Crippen molar-refractivity contribution >= 4 is 11.0 Å². The molecule has 0 atom stereocenters. The van der Waals surface area contributed by atoms with E-state index in [9.17, 15) is 0 Å². The van der Waals surface area contributed by atoms with E-state index in [1.54, 1.807) is 7.11 Å². The van der Waals surface area contributed by atoms with Gasteiger partial charge in [-0.2, -0.15) is 0 Å². The molecule has 0 spiro atoms. The van der Waals surface area contributed by atoms with Crippen molar-refractivity contribution in [3.63, 3.8) is 0 Å². The fourth-order valence-electron chi connectivity index (χ4n) is 2.47. The third kappa shape index (κ3) is 2.77. The number of benzene rings is 1. The van der Waals surface area contributed by atoms with E-state index in [0.29, 0.717) is 18.2 Å². The zero-order chi connectivity index (χ0) is 15.5. The van der Waals surface area contributed by atoms with Gasteiger partial charge < -0.3 is 13.9 Å². The third-order valence-electron chi connectivity index (χ3n) is 3.67. The minimum absolute atomic E-state index is 0.346. The molecule has 0 fully saturated rings. The number of hydrogen-bond acceptors (Lipinski definition) is 4. The SMILES string of the molecule is CCc1cc(OCc2cc3ccccc3o2)c(OC)nc1C. The van der Waals surface area contributed by atoms with Gasteiger partial charge in [-0.25, -0.2) is 4.98 Å². The number of furan rings is 1. The first-order valence-corrected chi connectivity index (χ1v) is 7.36. The van der Waals surface area contributed by atoms with Crippen LogP contribution in [0.25, 0.3) is 11.0 Å². The van der Waals surface area contributed by atoms with Crippen LogP contribution in [0.1, 0.15) is 23.9 Å². The van der Waals surface area contributed by atoms with Gasteiger partial charge in [-0.15, -0.1) is 0 Å². The zero-order valence-electron chi connectivity index (χ0n) is 13.1. The molecular formula is C18H19NO3. The maximum atomic E-state index is 5.86. The number of ether oxygens (including phenoxy) is 2. The second-order valence-corrected chi connectivity index (χ2v) is 5.13. The standard InChI is InChI=1S/C18H19NO3/c1-4-13-10-17(18(20-3)19-12(13)2)21-11-15-9-14-7-5-6-8-16(14)22-15/h5-10H,4,11H2,1-3H3. The number of aromatic nitrogens is 1. The van der Waals surface area contributed by atoms with Gasteiger partial charge in [0, 0.05) is 11.1 Å². The molecule has 3 rings (SSSR count). The fourth-order valence-corrected chi connectivity index (χ4v) is 2.47. The van der Waals surface area contributed by atoms with Crippen LogP contribution >= 0.6 is 0 Å². The summed E-state index contributed by atoms with van der Waals surface area (Å²) >= 11 is 0. The summed E-state index contributed by atoms with van der Waals surface area (Å²) in [7, 11) is 1.60. The van der Waals surface area contributed by atoms with Crippen molar-refractivity contribution in [2.45, 2.75) is 26.9 Å². The molecule has 0 saturated heterocycles. The average Bonchev–Trinajstić information content (AvgIpc) is 2.96. The summed E-state index contributed by atoms with van der Waals surface area (Å²) in [5.41, 5.74) is 2.99. The molecule has 1 aromatic carbocycles. The molecule has 0 aliphatic heterocycles. The Hall–Kier alpha value is -2.49. The molecule has 2 heterocycles. The highest BCUT2D eigenvalue weighted by Gasteiger charge is 2.12. The highest BCUT2D eigenvalue weighted by atomic mass is 16.5. The summed E-state index contributed by atoms with van der Waals surface area (Å²) in [4.78, 5) is 4.44. The minimum atomic E-state index is 0.346. The van der Waals surface area contributed by atoms with Gasteiger partial charge in [0.2, 0.25) is 0 Å². The number of nitrogens with zero attached hydrogens (tertiary/aromatic N) is 1. The lowest BCUT2D eigenvalue weighted by atomic mass is 10.1. The van der Waals surface area contributed by atoms with Crippen molar-refractivity contribution in [2.24, 2.45) is 0 Å². The van der Waals surface area contributed by atoms with Gasteiger partial charge in [0.05, 0.1) is 7.11 Å². The summed E-state index contributed by atoms with van der Waals surface area (Å²) < 4.78 is 16.9. The van der Waals surface area contributed by atoms with Gasteiger partial charge in [0.25, 0.3) is 5.88 Å². The van der Waals surface area contributed by atoms with E-state index >= 15 is 0 Å². The molecule has 22 heavy (non-hydrogen) atoms. The van der Waals surface area contributed by atoms with E-state index in [2.05, 4.69) is 11.9 Å². The monoisotopic (exact) mass is 297 g/mol. The second-order valence-electron chi connectivity index (χ2n) is 5.13. The van der Waals surface area contributed by atoms with E-state index in [1.807, 2.05) is 43.3 Å². The summed E-state index contributed by atoms with van der Waals surface area (Å²) in [6.45, 7) is 4.42.